The maximum Gasteiger partial charge on any atom is 0.326 e. The Kier molecular flexibility index (Phi) is 7.15. The molecule has 2 unspecified atom stereocenters. The quantitative estimate of drug-likeness (QED) is 0.306. The van der Waals surface area contributed by atoms with Gasteiger partial charge in [-0.25, -0.2) is 13.9 Å². The number of piperidine rings is 1. The van der Waals surface area contributed by atoms with Gasteiger partial charge in [-0.1, -0.05) is 41.9 Å². The van der Waals surface area contributed by atoms with Gasteiger partial charge in [0.2, 0.25) is 0 Å². The highest BCUT2D eigenvalue weighted by molar-refractivity contribution is 6.33. The zero-order valence-corrected chi connectivity index (χ0v) is 24.3. The lowest BCUT2D eigenvalue weighted by atomic mass is 9.97. The third kappa shape index (κ3) is 4.99. The maximum atomic E-state index is 14.7. The van der Waals surface area contributed by atoms with Crippen molar-refractivity contribution < 1.29 is 13.9 Å². The minimum atomic E-state index is -0.305. The van der Waals surface area contributed by atoms with Crippen LogP contribution in [0.3, 0.4) is 0 Å². The van der Waals surface area contributed by atoms with Gasteiger partial charge in [-0.3, -0.25) is 4.90 Å². The van der Waals surface area contributed by atoms with E-state index in [0.29, 0.717) is 36.3 Å². The molecule has 4 heterocycles. The van der Waals surface area contributed by atoms with Crippen LogP contribution in [0, 0.1) is 5.82 Å². The average Bonchev–Trinajstić information content (AvgIpc) is 3.74. The monoisotopic (exact) mass is 577 g/mol. The maximum absolute atomic E-state index is 14.7. The Morgan fingerprint density at radius 2 is 1.80 bits per heavy atom. The zero-order valence-electron chi connectivity index (χ0n) is 23.5. The van der Waals surface area contributed by atoms with Crippen molar-refractivity contribution >= 4 is 29.1 Å². The Labute approximate surface area is 245 Å². The molecule has 1 saturated carbocycles. The largest absolute Gasteiger partial charge is 0.368 e. The molecule has 2 atom stereocenters. The molecule has 1 aromatic heterocycles. The van der Waals surface area contributed by atoms with Gasteiger partial charge in [-0.05, 0) is 81.0 Å². The van der Waals surface area contributed by atoms with Gasteiger partial charge in [0.05, 0.1) is 23.3 Å². The molecule has 7 nitrogen and oxygen atoms in total. The van der Waals surface area contributed by atoms with Crippen molar-refractivity contribution in [2.24, 2.45) is 0 Å². The lowest BCUT2D eigenvalue weighted by molar-refractivity contribution is -0.0394. The number of hydrogen-bond acceptors (Lipinski definition) is 4. The highest BCUT2D eigenvalue weighted by Crippen LogP contribution is 2.44. The highest BCUT2D eigenvalue weighted by Gasteiger charge is 2.43. The van der Waals surface area contributed by atoms with Crippen LogP contribution < -0.4 is 9.80 Å². The predicted molar refractivity (Wildman–Crippen MR) is 158 cm³/mol. The van der Waals surface area contributed by atoms with E-state index in [1.807, 2.05) is 14.5 Å². The number of rotatable bonds is 6. The number of nitrogens with zero attached hydrogens (tertiary/aromatic N) is 5. The number of halogens is 2. The molecule has 0 N–H and O–H groups in total. The molecule has 1 aliphatic carbocycles. The van der Waals surface area contributed by atoms with E-state index in [-0.39, 0.29) is 30.2 Å². The number of benzene rings is 2. The summed E-state index contributed by atoms with van der Waals surface area (Å²) in [5.74, 6) is 1.03. The first-order chi connectivity index (χ1) is 20.0. The average molecular weight is 578 g/mol. The molecule has 2 saturated heterocycles. The van der Waals surface area contributed by atoms with Crippen molar-refractivity contribution in [1.29, 1.82) is 0 Å². The van der Waals surface area contributed by atoms with E-state index in [1.54, 1.807) is 12.1 Å². The summed E-state index contributed by atoms with van der Waals surface area (Å²) < 4.78 is 22.7. The van der Waals surface area contributed by atoms with Crippen LogP contribution in [0.4, 0.5) is 20.7 Å². The molecule has 216 valence electrons. The number of urea groups is 1. The number of anilines is 2. The summed E-state index contributed by atoms with van der Waals surface area (Å²) >= 11 is 6.38. The number of ether oxygens (including phenoxy) is 1. The van der Waals surface area contributed by atoms with E-state index in [0.717, 1.165) is 50.1 Å². The molecule has 4 aliphatic rings. The van der Waals surface area contributed by atoms with Gasteiger partial charge in [0.25, 0.3) is 0 Å². The second-order valence-corrected chi connectivity index (χ2v) is 12.3. The summed E-state index contributed by atoms with van der Waals surface area (Å²) in [7, 11) is 0. The molecule has 41 heavy (non-hydrogen) atoms. The topological polar surface area (TPSA) is 53.8 Å². The van der Waals surface area contributed by atoms with Gasteiger partial charge in [0.15, 0.2) is 5.82 Å². The molecule has 0 spiro atoms. The molecule has 7 rings (SSSR count). The minimum Gasteiger partial charge on any atom is -0.368 e. The van der Waals surface area contributed by atoms with E-state index in [2.05, 4.69) is 42.3 Å². The van der Waals surface area contributed by atoms with E-state index in [4.69, 9.17) is 21.4 Å². The fourth-order valence-electron chi connectivity index (χ4n) is 6.94. The second kappa shape index (κ2) is 11.0. The Morgan fingerprint density at radius 1 is 1.00 bits per heavy atom. The van der Waals surface area contributed by atoms with Crippen LogP contribution in [-0.4, -0.2) is 46.4 Å². The summed E-state index contributed by atoms with van der Waals surface area (Å²) in [5.41, 5.74) is 4.05. The second-order valence-electron chi connectivity index (χ2n) is 11.9. The summed E-state index contributed by atoms with van der Waals surface area (Å²) in [5, 5.41) is 5.42. The molecule has 0 radical (unpaired) electrons. The number of fused-ring (bicyclic) bond motifs is 1. The Hall–Kier alpha value is -3.10. The summed E-state index contributed by atoms with van der Waals surface area (Å²) in [6.45, 7) is 4.61. The van der Waals surface area contributed by atoms with Gasteiger partial charge in [-0.2, -0.15) is 5.10 Å². The summed E-state index contributed by atoms with van der Waals surface area (Å²) in [6, 6.07) is 13.2. The minimum absolute atomic E-state index is 0.00668. The smallest absolute Gasteiger partial charge is 0.326 e. The molecule has 3 aromatic rings. The Bertz CT molecular complexity index is 1410. The van der Waals surface area contributed by atoms with E-state index in [9.17, 15) is 9.18 Å². The van der Waals surface area contributed by atoms with Crippen LogP contribution in [-0.2, 0) is 11.3 Å². The van der Waals surface area contributed by atoms with Crippen molar-refractivity contribution in [3.8, 4) is 0 Å². The Balaban J connectivity index is 1.19. The van der Waals surface area contributed by atoms with Gasteiger partial charge >= 0.3 is 6.03 Å². The number of carbonyl (C=O) groups excluding carboxylic acids is 1. The SMILES string of the molecule is CC1c2cn(C3CCCCO3)nc2N(Cc2ccccc2C2CC2)C(=O)N1C1CCN(c2c(F)cccc2Cl)CC1. The highest BCUT2D eigenvalue weighted by atomic mass is 35.5. The van der Waals surface area contributed by atoms with Gasteiger partial charge < -0.3 is 14.5 Å². The molecule has 0 bridgehead atoms. The van der Waals surface area contributed by atoms with Crippen LogP contribution in [0.25, 0.3) is 0 Å². The molecule has 3 aliphatic heterocycles. The van der Waals surface area contributed by atoms with Crippen molar-refractivity contribution in [2.75, 3.05) is 29.5 Å². The fourth-order valence-corrected chi connectivity index (χ4v) is 7.22. The van der Waals surface area contributed by atoms with E-state index >= 15 is 0 Å². The first-order valence-electron chi connectivity index (χ1n) is 15.1. The van der Waals surface area contributed by atoms with Crippen LogP contribution in [0.15, 0.2) is 48.7 Å². The zero-order chi connectivity index (χ0) is 28.1. The molecule has 2 amide bonds. The van der Waals surface area contributed by atoms with Crippen LogP contribution >= 0.6 is 11.6 Å². The van der Waals surface area contributed by atoms with Crippen LogP contribution in [0.5, 0.6) is 0 Å². The van der Waals surface area contributed by atoms with Crippen LogP contribution in [0.2, 0.25) is 5.02 Å². The number of aromatic nitrogens is 2. The van der Waals surface area contributed by atoms with Gasteiger partial charge in [0, 0.05) is 37.5 Å². The number of hydrogen-bond donors (Lipinski definition) is 0. The summed E-state index contributed by atoms with van der Waals surface area (Å²) in [4.78, 5) is 20.4. The van der Waals surface area contributed by atoms with Crippen molar-refractivity contribution in [3.63, 3.8) is 0 Å². The molecule has 9 heteroatoms. The van der Waals surface area contributed by atoms with Crippen molar-refractivity contribution in [1.82, 2.24) is 14.7 Å². The Morgan fingerprint density at radius 3 is 2.54 bits per heavy atom. The first kappa shape index (κ1) is 26.8. The normalized spacial score (nSPS) is 23.7. The first-order valence-corrected chi connectivity index (χ1v) is 15.4. The predicted octanol–water partition coefficient (Wildman–Crippen LogP) is 7.42. The molecular weight excluding hydrogens is 541 g/mol. The van der Waals surface area contributed by atoms with Gasteiger partial charge in [-0.15, -0.1) is 0 Å². The van der Waals surface area contributed by atoms with Gasteiger partial charge in [0.1, 0.15) is 12.0 Å². The summed E-state index contributed by atoms with van der Waals surface area (Å²) in [6.07, 6.45) is 9.00. The van der Waals surface area contributed by atoms with Crippen molar-refractivity contribution in [3.05, 3.63) is 76.2 Å². The van der Waals surface area contributed by atoms with E-state index < -0.39 is 0 Å². The van der Waals surface area contributed by atoms with E-state index in [1.165, 1.54) is 30.0 Å². The lowest BCUT2D eigenvalue weighted by Gasteiger charge is -2.46. The third-order valence-electron chi connectivity index (χ3n) is 9.28. The third-order valence-corrected chi connectivity index (χ3v) is 9.58. The molecule has 2 aromatic carbocycles. The number of carbonyl (C=O) groups is 1. The molecular formula is C32H37ClFN5O2. The van der Waals surface area contributed by atoms with Crippen molar-refractivity contribution in [2.45, 2.75) is 82.6 Å². The lowest BCUT2D eigenvalue weighted by Crippen LogP contribution is -2.55. The standard InChI is InChI=1S/C32H37ClFN5O2/c1-21-26-20-38(29-11-4-5-18-41-29)35-31(26)37(19-23-7-2-3-8-25(23)22-12-13-22)32(40)39(21)24-14-16-36(17-15-24)30-27(33)9-6-10-28(30)34/h2-3,6-10,20-22,24,29H,4-5,11-19H2,1H3. The number of amides is 2. The van der Waals surface area contributed by atoms with Crippen LogP contribution in [0.1, 0.15) is 86.7 Å². The molecule has 3 fully saturated rings. The fraction of sp³-hybridized carbons (Fsp3) is 0.500. The number of para-hydroxylation sites is 1.